The average Bonchev–Trinajstić information content (AvgIpc) is 2.94. The molecule has 0 radical (unpaired) electrons. The van der Waals surface area contributed by atoms with Crippen LogP contribution in [0.2, 0.25) is 0 Å². The standard InChI is InChI=1S/C24H29NO3/c1-5-10-17(3)28-20-13-14-22-21(15-20)23(24(26)27-6-2)18(4)25(22)16-19-11-8-7-9-12-19/h7-9,11-15,17H,5-6,10,16H2,1-4H3/t17-/m0/s1. The van der Waals surface area contributed by atoms with Crippen LogP contribution >= 0.6 is 0 Å². The zero-order chi connectivity index (χ0) is 20.1. The molecule has 0 fully saturated rings. The van der Waals surface area contributed by atoms with Crippen molar-refractivity contribution in [2.75, 3.05) is 6.61 Å². The summed E-state index contributed by atoms with van der Waals surface area (Å²) < 4.78 is 13.6. The molecule has 0 aliphatic rings. The monoisotopic (exact) mass is 379 g/mol. The van der Waals surface area contributed by atoms with Gasteiger partial charge in [-0.1, -0.05) is 43.7 Å². The molecule has 0 N–H and O–H groups in total. The van der Waals surface area contributed by atoms with Gasteiger partial charge in [0.1, 0.15) is 5.75 Å². The molecule has 3 rings (SSSR count). The summed E-state index contributed by atoms with van der Waals surface area (Å²) in [7, 11) is 0. The molecule has 3 aromatic rings. The Morgan fingerprint density at radius 1 is 1.11 bits per heavy atom. The Bertz CT molecular complexity index is 943. The van der Waals surface area contributed by atoms with Gasteiger partial charge in [-0.2, -0.15) is 0 Å². The minimum absolute atomic E-state index is 0.140. The van der Waals surface area contributed by atoms with Crippen LogP contribution in [-0.2, 0) is 11.3 Å². The van der Waals surface area contributed by atoms with Gasteiger partial charge in [0.15, 0.2) is 0 Å². The fourth-order valence-electron chi connectivity index (χ4n) is 3.66. The molecule has 1 aromatic heterocycles. The van der Waals surface area contributed by atoms with E-state index in [4.69, 9.17) is 9.47 Å². The first-order chi connectivity index (χ1) is 13.5. The van der Waals surface area contributed by atoms with Crippen LogP contribution in [0, 0.1) is 6.92 Å². The van der Waals surface area contributed by atoms with Crippen LogP contribution < -0.4 is 4.74 Å². The summed E-state index contributed by atoms with van der Waals surface area (Å²) >= 11 is 0. The second kappa shape index (κ2) is 8.96. The van der Waals surface area contributed by atoms with Gasteiger partial charge in [-0.3, -0.25) is 0 Å². The first-order valence-electron chi connectivity index (χ1n) is 10.1. The van der Waals surface area contributed by atoms with Crippen LogP contribution in [0.4, 0.5) is 0 Å². The summed E-state index contributed by atoms with van der Waals surface area (Å²) in [5.41, 5.74) is 3.74. The highest BCUT2D eigenvalue weighted by atomic mass is 16.5. The summed E-state index contributed by atoms with van der Waals surface area (Å²) in [6.45, 7) is 9.09. The molecule has 0 unspecified atom stereocenters. The van der Waals surface area contributed by atoms with Gasteiger partial charge in [-0.05, 0) is 51.0 Å². The van der Waals surface area contributed by atoms with Crippen LogP contribution in [0.5, 0.6) is 5.75 Å². The lowest BCUT2D eigenvalue weighted by atomic mass is 10.1. The van der Waals surface area contributed by atoms with Crippen molar-refractivity contribution in [1.82, 2.24) is 4.57 Å². The van der Waals surface area contributed by atoms with Gasteiger partial charge in [0.05, 0.1) is 18.3 Å². The minimum atomic E-state index is -0.282. The highest BCUT2D eigenvalue weighted by molar-refractivity contribution is 6.06. The zero-order valence-corrected chi connectivity index (χ0v) is 17.2. The quantitative estimate of drug-likeness (QED) is 0.468. The maximum absolute atomic E-state index is 12.7. The van der Waals surface area contributed by atoms with E-state index in [1.807, 2.05) is 50.2 Å². The fraction of sp³-hybridized carbons (Fsp3) is 0.375. The molecule has 0 amide bonds. The lowest BCUT2D eigenvalue weighted by molar-refractivity contribution is 0.0527. The Morgan fingerprint density at radius 2 is 1.86 bits per heavy atom. The highest BCUT2D eigenvalue weighted by Gasteiger charge is 2.22. The molecule has 0 aliphatic heterocycles. The number of benzene rings is 2. The van der Waals surface area contributed by atoms with Crippen molar-refractivity contribution in [3.8, 4) is 5.75 Å². The number of ether oxygens (including phenoxy) is 2. The Kier molecular flexibility index (Phi) is 6.40. The summed E-state index contributed by atoms with van der Waals surface area (Å²) in [5.74, 6) is 0.506. The largest absolute Gasteiger partial charge is 0.491 e. The lowest BCUT2D eigenvalue weighted by Crippen LogP contribution is -2.11. The molecule has 28 heavy (non-hydrogen) atoms. The van der Waals surface area contributed by atoms with Gasteiger partial charge in [-0.15, -0.1) is 0 Å². The number of fused-ring (bicyclic) bond motifs is 1. The van der Waals surface area contributed by atoms with E-state index >= 15 is 0 Å². The molecule has 2 aromatic carbocycles. The number of carbonyl (C=O) groups excluding carboxylic acids is 1. The summed E-state index contributed by atoms with van der Waals surface area (Å²) in [6.07, 6.45) is 2.21. The van der Waals surface area contributed by atoms with E-state index in [9.17, 15) is 4.79 Å². The Labute approximate surface area is 167 Å². The van der Waals surface area contributed by atoms with E-state index in [0.29, 0.717) is 18.7 Å². The van der Waals surface area contributed by atoms with E-state index < -0.39 is 0 Å². The van der Waals surface area contributed by atoms with Crippen molar-refractivity contribution in [3.05, 3.63) is 65.4 Å². The average molecular weight is 380 g/mol. The van der Waals surface area contributed by atoms with Gasteiger partial charge in [-0.25, -0.2) is 4.79 Å². The molecule has 0 spiro atoms. The first kappa shape index (κ1) is 20.0. The van der Waals surface area contributed by atoms with Crippen LogP contribution in [0.1, 0.15) is 55.2 Å². The summed E-state index contributed by atoms with van der Waals surface area (Å²) in [4.78, 5) is 12.7. The first-order valence-corrected chi connectivity index (χ1v) is 10.1. The molecule has 0 saturated carbocycles. The van der Waals surface area contributed by atoms with E-state index in [-0.39, 0.29) is 12.1 Å². The number of aromatic nitrogens is 1. The third kappa shape index (κ3) is 4.22. The van der Waals surface area contributed by atoms with Crippen molar-refractivity contribution >= 4 is 16.9 Å². The van der Waals surface area contributed by atoms with Crippen LogP contribution in [0.15, 0.2) is 48.5 Å². The number of hydrogen-bond acceptors (Lipinski definition) is 3. The molecule has 0 bridgehead atoms. The van der Waals surface area contributed by atoms with E-state index in [1.54, 1.807) is 0 Å². The van der Waals surface area contributed by atoms with Crippen LogP contribution in [0.25, 0.3) is 10.9 Å². The smallest absolute Gasteiger partial charge is 0.340 e. The third-order valence-corrected chi connectivity index (χ3v) is 4.99. The van der Waals surface area contributed by atoms with Crippen molar-refractivity contribution in [3.63, 3.8) is 0 Å². The van der Waals surface area contributed by atoms with E-state index in [1.165, 1.54) is 5.56 Å². The van der Waals surface area contributed by atoms with Crippen molar-refractivity contribution in [1.29, 1.82) is 0 Å². The molecule has 4 nitrogen and oxygen atoms in total. The Hall–Kier alpha value is -2.75. The van der Waals surface area contributed by atoms with Crippen LogP contribution in [-0.4, -0.2) is 23.2 Å². The molecule has 0 saturated heterocycles. The third-order valence-electron chi connectivity index (χ3n) is 4.99. The number of nitrogens with zero attached hydrogens (tertiary/aromatic N) is 1. The number of rotatable bonds is 8. The molecule has 0 aliphatic carbocycles. The molecule has 4 heteroatoms. The van der Waals surface area contributed by atoms with E-state index in [0.717, 1.165) is 35.2 Å². The Balaban J connectivity index is 2.08. The van der Waals surface area contributed by atoms with Gasteiger partial charge >= 0.3 is 5.97 Å². The maximum Gasteiger partial charge on any atom is 0.340 e. The Morgan fingerprint density at radius 3 is 2.54 bits per heavy atom. The molecule has 1 heterocycles. The second-order valence-corrected chi connectivity index (χ2v) is 7.15. The van der Waals surface area contributed by atoms with Gasteiger partial charge in [0.25, 0.3) is 0 Å². The lowest BCUT2D eigenvalue weighted by Gasteiger charge is -2.14. The predicted molar refractivity (Wildman–Crippen MR) is 113 cm³/mol. The number of hydrogen-bond donors (Lipinski definition) is 0. The van der Waals surface area contributed by atoms with Crippen LogP contribution in [0.3, 0.4) is 0 Å². The van der Waals surface area contributed by atoms with Gasteiger partial charge < -0.3 is 14.0 Å². The molecular weight excluding hydrogens is 350 g/mol. The fourth-order valence-corrected chi connectivity index (χ4v) is 3.66. The summed E-state index contributed by atoms with van der Waals surface area (Å²) in [5, 5.41) is 0.882. The topological polar surface area (TPSA) is 40.5 Å². The molecule has 1 atom stereocenters. The predicted octanol–water partition coefficient (Wildman–Crippen LogP) is 5.74. The number of carbonyl (C=O) groups is 1. The van der Waals surface area contributed by atoms with Crippen molar-refractivity contribution < 1.29 is 14.3 Å². The second-order valence-electron chi connectivity index (χ2n) is 7.15. The maximum atomic E-state index is 12.7. The minimum Gasteiger partial charge on any atom is -0.491 e. The normalized spacial score (nSPS) is 12.1. The SMILES string of the molecule is CCC[C@H](C)Oc1ccc2c(c1)c(C(=O)OCC)c(C)n2Cc1ccccc1. The van der Waals surface area contributed by atoms with E-state index in [2.05, 4.69) is 30.5 Å². The summed E-state index contributed by atoms with van der Waals surface area (Å²) in [6, 6.07) is 16.3. The van der Waals surface area contributed by atoms with Gasteiger partial charge in [0, 0.05) is 23.1 Å². The molecular formula is C24H29NO3. The van der Waals surface area contributed by atoms with Crippen molar-refractivity contribution in [2.45, 2.75) is 53.2 Å². The van der Waals surface area contributed by atoms with Gasteiger partial charge in [0.2, 0.25) is 0 Å². The van der Waals surface area contributed by atoms with Crippen molar-refractivity contribution in [2.24, 2.45) is 0 Å². The highest BCUT2D eigenvalue weighted by Crippen LogP contribution is 2.31. The number of esters is 1. The molecule has 148 valence electrons. The zero-order valence-electron chi connectivity index (χ0n) is 17.2.